The fourth-order valence-corrected chi connectivity index (χ4v) is 3.85. The van der Waals surface area contributed by atoms with Crippen molar-refractivity contribution >= 4 is 33.4 Å². The van der Waals surface area contributed by atoms with Crippen molar-refractivity contribution in [2.24, 2.45) is 0 Å². The standard InChI is InChI=1S/C23H25BrN2O4/c1-25(2)12-5-13-26-20(16-6-4-7-18(14-16)30-3)19(22(28)23(26)29)21(27)15-8-10-17(24)11-9-15/h4,6-11,14,20,27H,5,12-13H2,1-3H3. The fraction of sp³-hybridized carbons (Fsp3) is 0.304. The Labute approximate surface area is 184 Å². The van der Waals surface area contributed by atoms with Gasteiger partial charge < -0.3 is 19.6 Å². The van der Waals surface area contributed by atoms with E-state index in [4.69, 9.17) is 4.74 Å². The van der Waals surface area contributed by atoms with Crippen molar-refractivity contribution in [3.05, 3.63) is 69.7 Å². The number of likely N-dealkylation sites (tertiary alicyclic amines) is 1. The van der Waals surface area contributed by atoms with Crippen LogP contribution in [0.5, 0.6) is 5.75 Å². The average Bonchev–Trinajstić information content (AvgIpc) is 2.98. The molecule has 158 valence electrons. The van der Waals surface area contributed by atoms with Crippen molar-refractivity contribution in [3.8, 4) is 5.75 Å². The van der Waals surface area contributed by atoms with Gasteiger partial charge >= 0.3 is 0 Å². The van der Waals surface area contributed by atoms with Crippen LogP contribution in [0.2, 0.25) is 0 Å². The van der Waals surface area contributed by atoms with Crippen LogP contribution >= 0.6 is 15.9 Å². The van der Waals surface area contributed by atoms with Gasteiger partial charge in [-0.25, -0.2) is 0 Å². The zero-order valence-corrected chi connectivity index (χ0v) is 18.8. The van der Waals surface area contributed by atoms with E-state index < -0.39 is 17.7 Å². The quantitative estimate of drug-likeness (QED) is 0.376. The average molecular weight is 473 g/mol. The first kappa shape index (κ1) is 22.1. The second kappa shape index (κ2) is 9.45. The van der Waals surface area contributed by atoms with E-state index in [0.29, 0.717) is 24.3 Å². The second-order valence-corrected chi connectivity index (χ2v) is 8.35. The molecule has 0 aromatic heterocycles. The summed E-state index contributed by atoms with van der Waals surface area (Å²) < 4.78 is 6.18. The van der Waals surface area contributed by atoms with Crippen LogP contribution in [0.3, 0.4) is 0 Å². The zero-order valence-electron chi connectivity index (χ0n) is 17.3. The highest BCUT2D eigenvalue weighted by atomic mass is 79.9. The Hall–Kier alpha value is -2.64. The molecule has 1 saturated heterocycles. The first-order valence-corrected chi connectivity index (χ1v) is 10.5. The summed E-state index contributed by atoms with van der Waals surface area (Å²) in [5.41, 5.74) is 1.30. The van der Waals surface area contributed by atoms with Crippen LogP contribution in [-0.4, -0.2) is 60.9 Å². The number of carbonyl (C=O) groups is 2. The molecule has 30 heavy (non-hydrogen) atoms. The highest BCUT2D eigenvalue weighted by Gasteiger charge is 2.45. The van der Waals surface area contributed by atoms with Gasteiger partial charge in [-0.05, 0) is 56.9 Å². The number of hydrogen-bond acceptors (Lipinski definition) is 5. The van der Waals surface area contributed by atoms with Gasteiger partial charge in [-0.1, -0.05) is 40.2 Å². The normalized spacial score (nSPS) is 18.3. The fourth-order valence-electron chi connectivity index (χ4n) is 3.59. The molecular formula is C23H25BrN2O4. The third-order valence-electron chi connectivity index (χ3n) is 5.07. The molecule has 0 spiro atoms. The summed E-state index contributed by atoms with van der Waals surface area (Å²) in [5, 5.41) is 11.0. The molecule has 1 amide bonds. The minimum absolute atomic E-state index is 0.0976. The Morgan fingerprint density at radius 1 is 1.17 bits per heavy atom. The van der Waals surface area contributed by atoms with Crippen LogP contribution < -0.4 is 4.74 Å². The van der Waals surface area contributed by atoms with E-state index in [2.05, 4.69) is 15.9 Å². The van der Waals surface area contributed by atoms with Gasteiger partial charge in [0.05, 0.1) is 18.7 Å². The van der Waals surface area contributed by atoms with Crippen molar-refractivity contribution < 1.29 is 19.4 Å². The number of rotatable bonds is 7. The van der Waals surface area contributed by atoms with E-state index in [1.165, 1.54) is 0 Å². The minimum Gasteiger partial charge on any atom is -0.507 e. The lowest BCUT2D eigenvalue weighted by Gasteiger charge is -2.26. The molecule has 2 aromatic rings. The van der Waals surface area contributed by atoms with Crippen LogP contribution in [0.4, 0.5) is 0 Å². The maximum Gasteiger partial charge on any atom is 0.295 e. The molecule has 0 aliphatic carbocycles. The van der Waals surface area contributed by atoms with E-state index in [1.807, 2.05) is 31.1 Å². The molecule has 0 saturated carbocycles. The number of carbonyl (C=O) groups excluding carboxylic acids is 2. The molecule has 0 radical (unpaired) electrons. The summed E-state index contributed by atoms with van der Waals surface area (Å²) in [4.78, 5) is 29.4. The SMILES string of the molecule is COc1cccc(C2C(=C(O)c3ccc(Br)cc3)C(=O)C(=O)N2CCCN(C)C)c1. The van der Waals surface area contributed by atoms with Crippen molar-refractivity contribution in [2.45, 2.75) is 12.5 Å². The smallest absolute Gasteiger partial charge is 0.295 e. The van der Waals surface area contributed by atoms with Crippen molar-refractivity contribution in [3.63, 3.8) is 0 Å². The van der Waals surface area contributed by atoms with Crippen molar-refractivity contribution in [2.75, 3.05) is 34.3 Å². The summed E-state index contributed by atoms with van der Waals surface area (Å²) >= 11 is 3.37. The van der Waals surface area contributed by atoms with Crippen molar-refractivity contribution in [1.29, 1.82) is 0 Å². The van der Waals surface area contributed by atoms with E-state index in [1.54, 1.807) is 48.4 Å². The summed E-state index contributed by atoms with van der Waals surface area (Å²) in [7, 11) is 5.48. The molecule has 1 N–H and O–H groups in total. The molecule has 2 aromatic carbocycles. The van der Waals surface area contributed by atoms with Crippen LogP contribution in [0.15, 0.2) is 58.6 Å². The summed E-state index contributed by atoms with van der Waals surface area (Å²) in [6, 6.07) is 13.6. The molecule has 1 aliphatic heterocycles. The molecule has 1 atom stereocenters. The molecule has 6 nitrogen and oxygen atoms in total. The largest absolute Gasteiger partial charge is 0.507 e. The maximum atomic E-state index is 13.0. The van der Waals surface area contributed by atoms with Gasteiger partial charge in [0, 0.05) is 16.6 Å². The molecule has 1 unspecified atom stereocenters. The molecular weight excluding hydrogens is 448 g/mol. The number of nitrogens with zero attached hydrogens (tertiary/aromatic N) is 2. The van der Waals surface area contributed by atoms with Gasteiger partial charge in [0.2, 0.25) is 0 Å². The number of ether oxygens (including phenoxy) is 1. The van der Waals surface area contributed by atoms with Gasteiger partial charge in [-0.15, -0.1) is 0 Å². The summed E-state index contributed by atoms with van der Waals surface area (Å²) in [6.45, 7) is 1.18. The highest BCUT2D eigenvalue weighted by molar-refractivity contribution is 9.10. The molecule has 1 fully saturated rings. The number of hydrogen-bond donors (Lipinski definition) is 1. The molecule has 1 heterocycles. The predicted molar refractivity (Wildman–Crippen MR) is 119 cm³/mol. The monoisotopic (exact) mass is 472 g/mol. The number of aliphatic hydroxyl groups is 1. The molecule has 3 rings (SSSR count). The maximum absolute atomic E-state index is 13.0. The number of amides is 1. The third-order valence-corrected chi connectivity index (χ3v) is 5.60. The number of Topliss-reactive ketones (excluding diaryl/α,β-unsaturated/α-hetero) is 1. The second-order valence-electron chi connectivity index (χ2n) is 7.43. The third kappa shape index (κ3) is 4.57. The number of benzene rings is 2. The Kier molecular flexibility index (Phi) is 6.95. The minimum atomic E-state index is -0.675. The van der Waals surface area contributed by atoms with Crippen LogP contribution in [0.1, 0.15) is 23.6 Å². The molecule has 0 bridgehead atoms. The van der Waals surface area contributed by atoms with E-state index >= 15 is 0 Å². The zero-order chi connectivity index (χ0) is 21.8. The van der Waals surface area contributed by atoms with E-state index in [-0.39, 0.29) is 11.3 Å². The lowest BCUT2D eigenvalue weighted by atomic mass is 9.95. The van der Waals surface area contributed by atoms with Gasteiger partial charge in [0.1, 0.15) is 11.5 Å². The van der Waals surface area contributed by atoms with Crippen LogP contribution in [0.25, 0.3) is 5.76 Å². The predicted octanol–water partition coefficient (Wildman–Crippen LogP) is 3.83. The Morgan fingerprint density at radius 3 is 2.50 bits per heavy atom. The summed E-state index contributed by atoms with van der Waals surface area (Å²) in [6.07, 6.45) is 0.707. The molecule has 7 heteroatoms. The number of ketones is 1. The Bertz CT molecular complexity index is 969. The number of halogens is 1. The van der Waals surface area contributed by atoms with Gasteiger partial charge in [-0.2, -0.15) is 0 Å². The first-order valence-electron chi connectivity index (χ1n) is 9.66. The van der Waals surface area contributed by atoms with E-state index in [0.717, 1.165) is 16.6 Å². The lowest BCUT2D eigenvalue weighted by molar-refractivity contribution is -0.139. The van der Waals surface area contributed by atoms with Crippen LogP contribution in [-0.2, 0) is 9.59 Å². The number of aliphatic hydroxyl groups excluding tert-OH is 1. The number of methoxy groups -OCH3 is 1. The van der Waals surface area contributed by atoms with Gasteiger partial charge in [0.15, 0.2) is 0 Å². The highest BCUT2D eigenvalue weighted by Crippen LogP contribution is 2.40. The van der Waals surface area contributed by atoms with E-state index in [9.17, 15) is 14.7 Å². The van der Waals surface area contributed by atoms with Gasteiger partial charge in [0.25, 0.3) is 11.7 Å². The van der Waals surface area contributed by atoms with Crippen molar-refractivity contribution in [1.82, 2.24) is 9.80 Å². The van der Waals surface area contributed by atoms with Crippen LogP contribution in [0, 0.1) is 0 Å². The first-order chi connectivity index (χ1) is 14.3. The van der Waals surface area contributed by atoms with Gasteiger partial charge in [-0.3, -0.25) is 9.59 Å². The Morgan fingerprint density at radius 2 is 1.87 bits per heavy atom. The Balaban J connectivity index is 2.10. The molecule has 1 aliphatic rings. The summed E-state index contributed by atoms with van der Waals surface area (Å²) in [5.74, 6) is -0.827. The topological polar surface area (TPSA) is 70.1 Å². The lowest BCUT2D eigenvalue weighted by Crippen LogP contribution is -2.32.